The first kappa shape index (κ1) is 11.5. The summed E-state index contributed by atoms with van der Waals surface area (Å²) in [7, 11) is 0. The summed E-state index contributed by atoms with van der Waals surface area (Å²) in [5.74, 6) is 0.0351. The van der Waals surface area contributed by atoms with Crippen molar-refractivity contribution in [3.8, 4) is 6.07 Å². The number of hydrogen-bond acceptors (Lipinski definition) is 3. The van der Waals surface area contributed by atoms with Gasteiger partial charge in [-0.15, -0.1) is 0 Å². The van der Waals surface area contributed by atoms with Gasteiger partial charge in [0.05, 0.1) is 37.4 Å². The summed E-state index contributed by atoms with van der Waals surface area (Å²) in [4.78, 5) is 0. The second-order valence-electron chi connectivity index (χ2n) is 4.78. The third-order valence-electron chi connectivity index (χ3n) is 3.52. The zero-order valence-electron chi connectivity index (χ0n) is 10.1. The number of hydrogen-bond donors (Lipinski definition) is 0. The molecule has 1 aromatic carbocycles. The maximum absolute atomic E-state index is 8.91. The lowest BCUT2D eigenvalue weighted by atomic mass is 9.91. The number of nitriles is 1. The summed E-state index contributed by atoms with van der Waals surface area (Å²) in [6.07, 6.45) is 2.99. The van der Waals surface area contributed by atoms with Crippen molar-refractivity contribution in [1.29, 1.82) is 5.26 Å². The molecule has 1 aromatic rings. The van der Waals surface area contributed by atoms with Gasteiger partial charge in [0, 0.05) is 0 Å². The van der Waals surface area contributed by atoms with Crippen LogP contribution in [-0.2, 0) is 16.1 Å². The number of nitrogens with zero attached hydrogens (tertiary/aromatic N) is 1. The molecule has 3 rings (SSSR count). The van der Waals surface area contributed by atoms with Crippen molar-refractivity contribution in [2.75, 3.05) is 6.61 Å². The van der Waals surface area contributed by atoms with Gasteiger partial charge in [-0.25, -0.2) is 0 Å². The molecule has 3 unspecified atom stereocenters. The minimum Gasteiger partial charge on any atom is -0.372 e. The molecule has 18 heavy (non-hydrogen) atoms. The molecule has 0 N–H and O–H groups in total. The van der Waals surface area contributed by atoms with Crippen molar-refractivity contribution < 1.29 is 9.47 Å². The van der Waals surface area contributed by atoms with Gasteiger partial charge in [0.15, 0.2) is 0 Å². The normalized spacial score (nSPS) is 29.1. The van der Waals surface area contributed by atoms with E-state index >= 15 is 0 Å². The Bertz CT molecular complexity index is 489. The number of ether oxygens (including phenoxy) is 2. The van der Waals surface area contributed by atoms with Crippen molar-refractivity contribution in [3.05, 3.63) is 47.5 Å². The molecule has 92 valence electrons. The van der Waals surface area contributed by atoms with E-state index in [4.69, 9.17) is 14.7 Å². The summed E-state index contributed by atoms with van der Waals surface area (Å²) in [6.45, 7) is 1.23. The highest BCUT2D eigenvalue weighted by Gasteiger charge is 2.41. The van der Waals surface area contributed by atoms with E-state index < -0.39 is 0 Å². The first-order valence-electron chi connectivity index (χ1n) is 6.24. The summed E-state index contributed by atoms with van der Waals surface area (Å²) >= 11 is 0. The van der Waals surface area contributed by atoms with Gasteiger partial charge in [-0.05, 0) is 17.6 Å². The van der Waals surface area contributed by atoms with Gasteiger partial charge in [-0.1, -0.05) is 36.4 Å². The Morgan fingerprint density at radius 1 is 1.28 bits per heavy atom. The third-order valence-corrected chi connectivity index (χ3v) is 3.52. The standard InChI is InChI=1S/C15H15NO2/c16-8-12-6-15-13(7-14(12)18-15)10-17-9-11-4-2-1-3-5-11/h1-5,7,12,14-15H,6,9-10H2. The maximum atomic E-state index is 8.91. The van der Waals surface area contributed by atoms with Gasteiger partial charge in [0.2, 0.25) is 0 Å². The van der Waals surface area contributed by atoms with Crippen molar-refractivity contribution in [2.24, 2.45) is 5.92 Å². The minimum absolute atomic E-state index is 0.00433. The number of benzene rings is 1. The van der Waals surface area contributed by atoms with Crippen LogP contribution in [-0.4, -0.2) is 18.8 Å². The highest BCUT2D eigenvalue weighted by Crippen LogP contribution is 2.37. The second-order valence-corrected chi connectivity index (χ2v) is 4.78. The summed E-state index contributed by atoms with van der Waals surface area (Å²) in [6, 6.07) is 12.4. The van der Waals surface area contributed by atoms with Gasteiger partial charge in [0.1, 0.15) is 0 Å². The van der Waals surface area contributed by atoms with Crippen LogP contribution < -0.4 is 0 Å². The van der Waals surface area contributed by atoms with Gasteiger partial charge in [-0.2, -0.15) is 5.26 Å². The predicted molar refractivity (Wildman–Crippen MR) is 66.6 cm³/mol. The van der Waals surface area contributed by atoms with Crippen LogP contribution in [0.5, 0.6) is 0 Å². The zero-order valence-corrected chi connectivity index (χ0v) is 10.1. The van der Waals surface area contributed by atoms with E-state index in [-0.39, 0.29) is 18.1 Å². The van der Waals surface area contributed by atoms with Gasteiger partial charge in [-0.3, -0.25) is 0 Å². The second kappa shape index (κ2) is 4.93. The Morgan fingerprint density at radius 3 is 2.78 bits per heavy atom. The summed E-state index contributed by atoms with van der Waals surface area (Å²) in [5.41, 5.74) is 2.37. The van der Waals surface area contributed by atoms with Crippen molar-refractivity contribution in [3.63, 3.8) is 0 Å². The molecule has 1 saturated heterocycles. The van der Waals surface area contributed by atoms with Crippen LogP contribution >= 0.6 is 0 Å². The maximum Gasteiger partial charge on any atom is 0.0927 e. The SMILES string of the molecule is N#CC1CC2OC1C=C2COCc1ccccc1. The molecule has 0 aliphatic carbocycles. The van der Waals surface area contributed by atoms with Gasteiger partial charge < -0.3 is 9.47 Å². The molecule has 3 atom stereocenters. The van der Waals surface area contributed by atoms with E-state index in [9.17, 15) is 0 Å². The Balaban J connectivity index is 1.51. The lowest BCUT2D eigenvalue weighted by Crippen LogP contribution is -2.15. The fraction of sp³-hybridized carbons (Fsp3) is 0.400. The average molecular weight is 241 g/mol. The minimum atomic E-state index is -0.00433. The topological polar surface area (TPSA) is 42.2 Å². The smallest absolute Gasteiger partial charge is 0.0927 e. The van der Waals surface area contributed by atoms with E-state index in [0.29, 0.717) is 13.2 Å². The molecule has 0 saturated carbocycles. The van der Waals surface area contributed by atoms with Gasteiger partial charge >= 0.3 is 0 Å². The molecule has 0 spiro atoms. The molecule has 1 fully saturated rings. The Morgan fingerprint density at radius 2 is 2.11 bits per heavy atom. The van der Waals surface area contributed by atoms with Gasteiger partial charge in [0.25, 0.3) is 0 Å². The highest BCUT2D eigenvalue weighted by molar-refractivity contribution is 5.25. The number of fused-ring (bicyclic) bond motifs is 2. The fourth-order valence-electron chi connectivity index (χ4n) is 2.55. The molecular weight excluding hydrogens is 226 g/mol. The van der Waals surface area contributed by atoms with Crippen LogP contribution in [0, 0.1) is 17.2 Å². The van der Waals surface area contributed by atoms with E-state index in [1.165, 1.54) is 11.1 Å². The summed E-state index contributed by atoms with van der Waals surface area (Å²) < 4.78 is 11.4. The molecule has 2 aliphatic heterocycles. The van der Waals surface area contributed by atoms with Crippen LogP contribution in [0.2, 0.25) is 0 Å². The quantitative estimate of drug-likeness (QED) is 0.760. The average Bonchev–Trinajstić information content (AvgIpc) is 2.99. The fourth-order valence-corrected chi connectivity index (χ4v) is 2.55. The summed E-state index contributed by atoms with van der Waals surface area (Å²) in [5, 5.41) is 8.91. The first-order chi connectivity index (χ1) is 8.86. The monoisotopic (exact) mass is 241 g/mol. The van der Waals surface area contributed by atoms with Crippen molar-refractivity contribution in [2.45, 2.75) is 25.2 Å². The molecular formula is C15H15NO2. The van der Waals surface area contributed by atoms with E-state index in [1.807, 2.05) is 18.2 Å². The molecule has 0 radical (unpaired) electrons. The number of rotatable bonds is 4. The zero-order chi connectivity index (χ0) is 12.4. The van der Waals surface area contributed by atoms with Crippen LogP contribution in [0.3, 0.4) is 0 Å². The van der Waals surface area contributed by atoms with E-state index in [1.54, 1.807) is 0 Å². The van der Waals surface area contributed by atoms with Crippen LogP contribution in [0.4, 0.5) is 0 Å². The molecule has 2 heterocycles. The lowest BCUT2D eigenvalue weighted by Gasteiger charge is -2.13. The highest BCUT2D eigenvalue weighted by atomic mass is 16.5. The molecule has 2 aliphatic rings. The van der Waals surface area contributed by atoms with E-state index in [0.717, 1.165) is 6.42 Å². The molecule has 0 amide bonds. The van der Waals surface area contributed by atoms with Crippen molar-refractivity contribution >= 4 is 0 Å². The molecule has 0 aromatic heterocycles. The Hall–Kier alpha value is -1.63. The Kier molecular flexibility index (Phi) is 3.14. The molecule has 2 bridgehead atoms. The van der Waals surface area contributed by atoms with Crippen LogP contribution in [0.15, 0.2) is 42.0 Å². The van der Waals surface area contributed by atoms with Crippen LogP contribution in [0.1, 0.15) is 12.0 Å². The predicted octanol–water partition coefficient (Wildman–Crippen LogP) is 2.44. The van der Waals surface area contributed by atoms with Crippen LogP contribution in [0.25, 0.3) is 0 Å². The lowest BCUT2D eigenvalue weighted by molar-refractivity contribution is 0.0909. The molecule has 3 heteroatoms. The largest absolute Gasteiger partial charge is 0.372 e. The third kappa shape index (κ3) is 2.17. The first-order valence-corrected chi connectivity index (χ1v) is 6.24. The molecule has 3 nitrogen and oxygen atoms in total. The van der Waals surface area contributed by atoms with E-state index in [2.05, 4.69) is 24.3 Å². The Labute approximate surface area is 107 Å². The van der Waals surface area contributed by atoms with Crippen molar-refractivity contribution in [1.82, 2.24) is 0 Å².